The molecule has 0 spiro atoms. The van der Waals surface area contributed by atoms with Crippen LogP contribution in [0.15, 0.2) is 12.1 Å². The minimum Gasteiger partial charge on any atom is -0.461 e. The van der Waals surface area contributed by atoms with Gasteiger partial charge in [0.25, 0.3) is 0 Å². The summed E-state index contributed by atoms with van der Waals surface area (Å²) in [6.07, 6.45) is 0. The lowest BCUT2D eigenvalue weighted by Gasteiger charge is -2.05. The van der Waals surface area contributed by atoms with Crippen LogP contribution < -0.4 is 0 Å². The zero-order chi connectivity index (χ0) is 13.5. The quantitative estimate of drug-likeness (QED) is 0.746. The van der Waals surface area contributed by atoms with Crippen LogP contribution >= 0.6 is 0 Å². The highest BCUT2D eigenvalue weighted by Gasteiger charge is 2.16. The van der Waals surface area contributed by atoms with Crippen LogP contribution in [-0.4, -0.2) is 30.1 Å². The van der Waals surface area contributed by atoms with Crippen molar-refractivity contribution >= 4 is 11.9 Å². The van der Waals surface area contributed by atoms with E-state index in [4.69, 9.17) is 14.7 Å². The van der Waals surface area contributed by atoms with Gasteiger partial charge in [0.15, 0.2) is 11.4 Å². The molecular weight excluding hydrogens is 236 g/mol. The Bertz CT molecular complexity index is 469. The Morgan fingerprint density at radius 1 is 1.17 bits per heavy atom. The molecule has 0 aromatic carbocycles. The molecule has 1 rings (SSSR count). The zero-order valence-electron chi connectivity index (χ0n) is 10.1. The van der Waals surface area contributed by atoms with E-state index in [0.717, 1.165) is 0 Å². The summed E-state index contributed by atoms with van der Waals surface area (Å²) in [7, 11) is 0. The van der Waals surface area contributed by atoms with Gasteiger partial charge < -0.3 is 9.47 Å². The molecule has 94 valence electrons. The molecule has 0 aliphatic heterocycles. The van der Waals surface area contributed by atoms with E-state index in [9.17, 15) is 9.59 Å². The summed E-state index contributed by atoms with van der Waals surface area (Å²) in [5.74, 6) is -1.36. The summed E-state index contributed by atoms with van der Waals surface area (Å²) < 4.78 is 9.52. The lowest BCUT2D eigenvalue weighted by molar-refractivity contribution is 0.0511. The maximum atomic E-state index is 11.5. The van der Waals surface area contributed by atoms with Gasteiger partial charge in [-0.3, -0.25) is 0 Å². The summed E-state index contributed by atoms with van der Waals surface area (Å²) in [6.45, 7) is 3.68. The van der Waals surface area contributed by atoms with Gasteiger partial charge >= 0.3 is 11.9 Å². The van der Waals surface area contributed by atoms with Crippen molar-refractivity contribution in [1.82, 2.24) is 4.98 Å². The molecule has 0 radical (unpaired) electrons. The molecule has 1 aromatic rings. The second kappa shape index (κ2) is 6.35. The minimum absolute atomic E-state index is 0.0843. The van der Waals surface area contributed by atoms with E-state index in [1.807, 2.05) is 6.07 Å². The monoisotopic (exact) mass is 248 g/mol. The molecule has 1 heterocycles. The van der Waals surface area contributed by atoms with Gasteiger partial charge in [0.05, 0.1) is 24.8 Å². The molecular formula is C12H12N2O4. The molecule has 0 fully saturated rings. The smallest absolute Gasteiger partial charge is 0.356 e. The van der Waals surface area contributed by atoms with Crippen molar-refractivity contribution in [2.24, 2.45) is 0 Å². The zero-order valence-corrected chi connectivity index (χ0v) is 10.1. The van der Waals surface area contributed by atoms with E-state index in [0.29, 0.717) is 0 Å². The largest absolute Gasteiger partial charge is 0.461 e. The average molecular weight is 248 g/mol. The van der Waals surface area contributed by atoms with Gasteiger partial charge in [-0.2, -0.15) is 5.26 Å². The number of rotatable bonds is 4. The molecule has 6 nitrogen and oxygen atoms in total. The normalized spacial score (nSPS) is 9.39. The highest BCUT2D eigenvalue weighted by molar-refractivity contribution is 5.92. The van der Waals surface area contributed by atoms with E-state index < -0.39 is 11.9 Å². The summed E-state index contributed by atoms with van der Waals surface area (Å²) in [6, 6.07) is 4.38. The number of aromatic nitrogens is 1. The Balaban J connectivity index is 3.14. The van der Waals surface area contributed by atoms with Crippen molar-refractivity contribution < 1.29 is 19.1 Å². The molecule has 0 amide bonds. The fourth-order valence-corrected chi connectivity index (χ4v) is 1.21. The topological polar surface area (TPSA) is 89.3 Å². The van der Waals surface area contributed by atoms with Gasteiger partial charge in [-0.25, -0.2) is 14.6 Å². The van der Waals surface area contributed by atoms with Gasteiger partial charge in [0, 0.05) is 0 Å². The summed E-state index contributed by atoms with van der Waals surface area (Å²) >= 11 is 0. The average Bonchev–Trinajstić information content (AvgIpc) is 2.38. The molecule has 0 aliphatic carbocycles. The molecule has 0 unspecified atom stereocenters. The molecule has 0 atom stereocenters. The van der Waals surface area contributed by atoms with Crippen molar-refractivity contribution in [3.63, 3.8) is 0 Å². The van der Waals surface area contributed by atoms with Crippen LogP contribution in [0.2, 0.25) is 0 Å². The third-order valence-electron chi connectivity index (χ3n) is 1.92. The van der Waals surface area contributed by atoms with Crippen molar-refractivity contribution in [1.29, 1.82) is 5.26 Å². The maximum Gasteiger partial charge on any atom is 0.356 e. The second-order valence-corrected chi connectivity index (χ2v) is 3.18. The first kappa shape index (κ1) is 13.6. The number of nitriles is 1. The Morgan fingerprint density at radius 2 is 1.61 bits per heavy atom. The maximum absolute atomic E-state index is 11.5. The van der Waals surface area contributed by atoms with E-state index in [1.165, 1.54) is 12.1 Å². The molecule has 0 N–H and O–H groups in total. The minimum atomic E-state index is -0.680. The lowest BCUT2D eigenvalue weighted by Crippen LogP contribution is -2.13. The van der Waals surface area contributed by atoms with Crippen LogP contribution in [0.4, 0.5) is 0 Å². The number of ether oxygens (including phenoxy) is 2. The standard InChI is InChI=1S/C12H12N2O4/c1-3-17-11(15)9-5-8(7-13)6-10(14-9)12(16)18-4-2/h5-6H,3-4H2,1-2H3. The predicted octanol–water partition coefficient (Wildman–Crippen LogP) is 1.31. The predicted molar refractivity (Wildman–Crippen MR) is 60.9 cm³/mol. The highest BCUT2D eigenvalue weighted by atomic mass is 16.5. The number of hydrogen-bond acceptors (Lipinski definition) is 6. The molecule has 18 heavy (non-hydrogen) atoms. The summed E-state index contributed by atoms with van der Waals surface area (Å²) in [5, 5.41) is 8.83. The number of nitrogens with zero attached hydrogens (tertiary/aromatic N) is 2. The molecule has 0 aliphatic rings. The number of carbonyl (C=O) groups is 2. The first-order valence-corrected chi connectivity index (χ1v) is 5.38. The number of hydrogen-bond donors (Lipinski definition) is 0. The Hall–Kier alpha value is -2.42. The van der Waals surface area contributed by atoms with Gasteiger partial charge in [0.1, 0.15) is 0 Å². The lowest BCUT2D eigenvalue weighted by atomic mass is 10.2. The van der Waals surface area contributed by atoms with Gasteiger partial charge in [0.2, 0.25) is 0 Å². The molecule has 0 saturated carbocycles. The van der Waals surface area contributed by atoms with Crippen LogP contribution in [0, 0.1) is 11.3 Å². The fraction of sp³-hybridized carbons (Fsp3) is 0.333. The van der Waals surface area contributed by atoms with E-state index in [2.05, 4.69) is 4.98 Å². The van der Waals surface area contributed by atoms with Crippen molar-refractivity contribution in [3.05, 3.63) is 29.1 Å². The van der Waals surface area contributed by atoms with Crippen molar-refractivity contribution in [2.75, 3.05) is 13.2 Å². The van der Waals surface area contributed by atoms with Crippen LogP contribution in [0.5, 0.6) is 0 Å². The summed E-state index contributed by atoms with van der Waals surface area (Å²) in [4.78, 5) is 26.8. The first-order valence-electron chi connectivity index (χ1n) is 5.38. The summed E-state index contributed by atoms with van der Waals surface area (Å²) in [5.41, 5.74) is -0.0194. The van der Waals surface area contributed by atoms with Gasteiger partial charge in [-0.15, -0.1) is 0 Å². The number of carbonyl (C=O) groups excluding carboxylic acids is 2. The molecule has 1 aromatic heterocycles. The first-order chi connectivity index (χ1) is 8.62. The fourth-order valence-electron chi connectivity index (χ4n) is 1.21. The van der Waals surface area contributed by atoms with E-state index in [-0.39, 0.29) is 30.2 Å². The Kier molecular flexibility index (Phi) is 4.81. The third-order valence-corrected chi connectivity index (χ3v) is 1.92. The van der Waals surface area contributed by atoms with E-state index >= 15 is 0 Å². The number of esters is 2. The van der Waals surface area contributed by atoms with E-state index in [1.54, 1.807) is 13.8 Å². The van der Waals surface area contributed by atoms with Crippen LogP contribution in [0.3, 0.4) is 0 Å². The molecule has 0 saturated heterocycles. The third kappa shape index (κ3) is 3.28. The molecule has 0 bridgehead atoms. The van der Waals surface area contributed by atoms with Crippen molar-refractivity contribution in [2.45, 2.75) is 13.8 Å². The van der Waals surface area contributed by atoms with Crippen LogP contribution in [0.1, 0.15) is 40.4 Å². The Morgan fingerprint density at radius 3 is 1.94 bits per heavy atom. The number of pyridine rings is 1. The highest BCUT2D eigenvalue weighted by Crippen LogP contribution is 2.08. The molecule has 6 heteroatoms. The van der Waals surface area contributed by atoms with Crippen molar-refractivity contribution in [3.8, 4) is 6.07 Å². The van der Waals surface area contributed by atoms with Gasteiger partial charge in [-0.1, -0.05) is 0 Å². The van der Waals surface area contributed by atoms with Crippen LogP contribution in [-0.2, 0) is 9.47 Å². The Labute approximate surface area is 104 Å². The second-order valence-electron chi connectivity index (χ2n) is 3.18. The van der Waals surface area contributed by atoms with Crippen LogP contribution in [0.25, 0.3) is 0 Å². The SMILES string of the molecule is CCOC(=O)c1cc(C#N)cc(C(=O)OCC)n1. The van der Waals surface area contributed by atoms with Gasteiger partial charge in [-0.05, 0) is 26.0 Å².